The third kappa shape index (κ3) is 4.30. The summed E-state index contributed by atoms with van der Waals surface area (Å²) in [6, 6.07) is 6.82. The van der Waals surface area contributed by atoms with Crippen LogP contribution in [-0.4, -0.2) is 64.2 Å². The van der Waals surface area contributed by atoms with Crippen molar-refractivity contribution in [2.45, 2.75) is 18.9 Å². The maximum atomic E-state index is 12.9. The van der Waals surface area contributed by atoms with Crippen molar-refractivity contribution in [2.75, 3.05) is 20.6 Å². The second-order valence-electron chi connectivity index (χ2n) is 6.98. The average Bonchev–Trinajstić information content (AvgIpc) is 3.52. The van der Waals surface area contributed by atoms with Crippen molar-refractivity contribution in [3.8, 4) is 6.01 Å². The molecule has 0 bridgehead atoms. The summed E-state index contributed by atoms with van der Waals surface area (Å²) in [6.07, 6.45) is 0.198. The number of carbonyl (C=O) groups excluding carboxylic acids is 2. The molecule has 1 fully saturated rings. The fourth-order valence-corrected chi connectivity index (χ4v) is 5.81. The van der Waals surface area contributed by atoms with Crippen molar-refractivity contribution in [3.63, 3.8) is 0 Å². The molecule has 4 rings (SSSR count). The van der Waals surface area contributed by atoms with Gasteiger partial charge >= 0.3 is 16.2 Å². The van der Waals surface area contributed by atoms with Gasteiger partial charge in [0.25, 0.3) is 5.91 Å². The lowest BCUT2D eigenvalue weighted by molar-refractivity contribution is -0.125. The predicted molar refractivity (Wildman–Crippen MR) is 119 cm³/mol. The normalized spacial score (nSPS) is 16.8. The highest BCUT2D eigenvalue weighted by Gasteiger charge is 2.43. The number of ether oxygens (including phenoxy) is 1. The zero-order valence-corrected chi connectivity index (χ0v) is 20.2. The lowest BCUT2D eigenvalue weighted by Gasteiger charge is -2.20. The van der Waals surface area contributed by atoms with Crippen molar-refractivity contribution >= 4 is 56.3 Å². The Labute approximate surface area is 197 Å². The minimum atomic E-state index is -3.92. The van der Waals surface area contributed by atoms with E-state index in [0.717, 1.165) is 18.2 Å². The quantitative estimate of drug-likeness (QED) is 0.474. The van der Waals surface area contributed by atoms with E-state index in [9.17, 15) is 18.0 Å². The number of rotatable bonds is 7. The minimum absolute atomic E-state index is 0.00130. The summed E-state index contributed by atoms with van der Waals surface area (Å²) in [5.74, 6) is -1.96. The Morgan fingerprint density at radius 3 is 2.75 bits per heavy atom. The highest BCUT2D eigenvalue weighted by atomic mass is 35.5. The van der Waals surface area contributed by atoms with E-state index >= 15 is 0 Å². The molecule has 1 aliphatic heterocycles. The first-order chi connectivity index (χ1) is 15.2. The molecule has 4 heterocycles. The van der Waals surface area contributed by atoms with Crippen LogP contribution in [0.4, 0.5) is 0 Å². The molecule has 1 atom stereocenters. The van der Waals surface area contributed by atoms with Crippen LogP contribution < -0.4 is 4.74 Å². The van der Waals surface area contributed by atoms with E-state index in [4.69, 9.17) is 16.3 Å². The van der Waals surface area contributed by atoms with Crippen molar-refractivity contribution in [2.24, 2.45) is 0 Å². The summed E-state index contributed by atoms with van der Waals surface area (Å²) in [5, 5.41) is 5.99. The smallest absolute Gasteiger partial charge is 0.323 e. The summed E-state index contributed by atoms with van der Waals surface area (Å²) < 4.78 is 33.9. The molecular weight excluding hydrogens is 498 g/mol. The second-order valence-corrected chi connectivity index (χ2v) is 11.8. The number of thiophene rings is 2. The molecule has 0 saturated carbocycles. The fourth-order valence-electron chi connectivity index (χ4n) is 3.08. The number of nitrogens with zero attached hydrogens (tertiary/aromatic N) is 5. The van der Waals surface area contributed by atoms with E-state index in [1.807, 2.05) is 0 Å². The predicted octanol–water partition coefficient (Wildman–Crippen LogP) is 2.44. The molecule has 0 spiro atoms. The summed E-state index contributed by atoms with van der Waals surface area (Å²) in [7, 11) is -1.21. The Morgan fingerprint density at radius 2 is 2.12 bits per heavy atom. The van der Waals surface area contributed by atoms with E-state index in [0.29, 0.717) is 9.21 Å². The molecule has 3 aromatic rings. The fraction of sp³-hybridized carbons (Fsp3) is 0.333. The average molecular weight is 516 g/mol. The SMILES string of the molecule is CN(C)S(=O)(=O)N1CCC(c2nc(OCc3ccc(Cl)s3)n(C(=O)c3cccs3)n2)C1=O. The van der Waals surface area contributed by atoms with Crippen LogP contribution in [0.15, 0.2) is 29.6 Å². The second kappa shape index (κ2) is 8.90. The van der Waals surface area contributed by atoms with E-state index in [1.54, 1.807) is 29.6 Å². The van der Waals surface area contributed by atoms with E-state index in [2.05, 4.69) is 10.1 Å². The maximum Gasteiger partial charge on any atom is 0.323 e. The Bertz CT molecular complexity index is 1250. The van der Waals surface area contributed by atoms with Gasteiger partial charge in [-0.2, -0.15) is 17.7 Å². The van der Waals surface area contributed by atoms with Crippen LogP contribution in [0.1, 0.15) is 32.7 Å². The summed E-state index contributed by atoms with van der Waals surface area (Å²) in [5.41, 5.74) is 0. The molecule has 0 aliphatic carbocycles. The van der Waals surface area contributed by atoms with Gasteiger partial charge in [-0.25, -0.2) is 4.31 Å². The van der Waals surface area contributed by atoms with E-state index in [-0.39, 0.29) is 31.4 Å². The van der Waals surface area contributed by atoms with Gasteiger partial charge in [-0.3, -0.25) is 9.59 Å². The van der Waals surface area contributed by atoms with Gasteiger partial charge in [0.1, 0.15) is 12.5 Å². The Hall–Kier alpha value is -2.32. The number of halogens is 1. The number of hydrogen-bond acceptors (Lipinski definition) is 9. The largest absolute Gasteiger partial charge is 0.458 e. The summed E-state index contributed by atoms with van der Waals surface area (Å²) >= 11 is 8.51. The van der Waals surface area contributed by atoms with Crippen LogP contribution in [0.5, 0.6) is 6.01 Å². The Kier molecular flexibility index (Phi) is 6.36. The van der Waals surface area contributed by atoms with Crippen molar-refractivity contribution in [3.05, 3.63) is 49.6 Å². The molecule has 14 heteroatoms. The molecule has 0 N–H and O–H groups in total. The summed E-state index contributed by atoms with van der Waals surface area (Å²) in [6.45, 7) is 0.105. The van der Waals surface area contributed by atoms with Gasteiger partial charge in [0.15, 0.2) is 5.82 Å². The maximum absolute atomic E-state index is 12.9. The van der Waals surface area contributed by atoms with Crippen LogP contribution in [0.2, 0.25) is 4.34 Å². The number of carbonyl (C=O) groups is 2. The molecule has 3 aromatic heterocycles. The number of aromatic nitrogens is 3. The zero-order valence-electron chi connectivity index (χ0n) is 17.0. The molecule has 32 heavy (non-hydrogen) atoms. The van der Waals surface area contributed by atoms with Crippen LogP contribution in [0.25, 0.3) is 0 Å². The highest BCUT2D eigenvalue weighted by Crippen LogP contribution is 2.31. The zero-order chi connectivity index (χ0) is 23.0. The van der Waals surface area contributed by atoms with Gasteiger partial charge in [-0.05, 0) is 30.0 Å². The van der Waals surface area contributed by atoms with Gasteiger partial charge in [0.05, 0.1) is 9.21 Å². The van der Waals surface area contributed by atoms with Gasteiger partial charge in [0, 0.05) is 25.5 Å². The molecule has 170 valence electrons. The molecular formula is C18H18ClN5O5S3. The third-order valence-corrected chi connectivity index (χ3v) is 8.61. The van der Waals surface area contributed by atoms with E-state index < -0.39 is 27.9 Å². The van der Waals surface area contributed by atoms with Gasteiger partial charge in [0.2, 0.25) is 5.91 Å². The molecule has 0 radical (unpaired) electrons. The van der Waals surface area contributed by atoms with Gasteiger partial charge in [-0.15, -0.1) is 32.5 Å². The first kappa shape index (κ1) is 22.9. The monoisotopic (exact) mass is 515 g/mol. The van der Waals surface area contributed by atoms with Crippen molar-refractivity contribution in [1.82, 2.24) is 23.4 Å². The number of hydrogen-bond donors (Lipinski definition) is 0. The third-order valence-electron chi connectivity index (χ3n) is 4.71. The standard InChI is InChI=1S/C18H18ClN5O5S3/c1-22(2)32(27,28)23-8-7-12(16(23)25)15-20-18(29-10-11-5-6-14(19)31-11)24(21-15)17(26)13-4-3-9-30-13/h3-6,9,12H,7-8,10H2,1-2H3. The lowest BCUT2D eigenvalue weighted by Crippen LogP contribution is -2.41. The molecule has 1 amide bonds. The Morgan fingerprint density at radius 1 is 1.34 bits per heavy atom. The van der Waals surface area contributed by atoms with E-state index in [1.165, 1.54) is 36.8 Å². The first-order valence-corrected chi connectivity index (χ1v) is 12.8. The lowest BCUT2D eigenvalue weighted by atomic mass is 10.1. The van der Waals surface area contributed by atoms with Crippen LogP contribution >= 0.6 is 34.3 Å². The van der Waals surface area contributed by atoms with Crippen LogP contribution in [0.3, 0.4) is 0 Å². The molecule has 1 aliphatic rings. The molecule has 10 nitrogen and oxygen atoms in total. The van der Waals surface area contributed by atoms with Crippen molar-refractivity contribution in [1.29, 1.82) is 0 Å². The molecule has 1 unspecified atom stereocenters. The molecule has 1 saturated heterocycles. The van der Waals surface area contributed by atoms with Crippen molar-refractivity contribution < 1.29 is 22.7 Å². The van der Waals surface area contributed by atoms with Crippen LogP contribution in [0, 0.1) is 0 Å². The summed E-state index contributed by atoms with van der Waals surface area (Å²) in [4.78, 5) is 31.3. The van der Waals surface area contributed by atoms with Gasteiger partial charge in [-0.1, -0.05) is 17.7 Å². The highest BCUT2D eigenvalue weighted by molar-refractivity contribution is 7.87. The van der Waals surface area contributed by atoms with Crippen LogP contribution in [-0.2, 0) is 21.6 Å². The minimum Gasteiger partial charge on any atom is -0.458 e. The number of amides is 1. The first-order valence-electron chi connectivity index (χ1n) is 9.34. The topological polar surface area (TPSA) is 115 Å². The van der Waals surface area contributed by atoms with Gasteiger partial charge < -0.3 is 4.74 Å². The Balaban J connectivity index is 1.64. The molecule has 0 aromatic carbocycles.